The maximum absolute atomic E-state index is 12.2. The molecule has 0 fully saturated rings. The second kappa shape index (κ2) is 9.20. The van der Waals surface area contributed by atoms with E-state index in [2.05, 4.69) is 26.4 Å². The van der Waals surface area contributed by atoms with Crippen LogP contribution in [0.5, 0.6) is 5.75 Å². The number of aromatic nitrogens is 1. The standard InChI is InChI=1S/C25H20F3N3O2/c1-16-3-2-4-18(11-16)20-12-19-7-8-21(13-23(19)29-15-20)31-24(32)30-14-17-5-9-22(10-6-17)33-25(26,27)28/h2-13,15H,14H2,1H3,(H2,30,31,32). The molecular formula is C25H20F3N3O2. The van der Waals surface area contributed by atoms with E-state index >= 15 is 0 Å². The first-order valence-corrected chi connectivity index (χ1v) is 10.1. The number of hydrogen-bond acceptors (Lipinski definition) is 3. The third-order valence-corrected chi connectivity index (χ3v) is 4.90. The maximum atomic E-state index is 12.2. The van der Waals surface area contributed by atoms with Gasteiger partial charge in [-0.15, -0.1) is 13.2 Å². The average molecular weight is 451 g/mol. The van der Waals surface area contributed by atoms with Crippen LogP contribution in [0, 0.1) is 6.92 Å². The van der Waals surface area contributed by atoms with Gasteiger partial charge in [0, 0.05) is 29.4 Å². The summed E-state index contributed by atoms with van der Waals surface area (Å²) in [6.45, 7) is 2.18. The van der Waals surface area contributed by atoms with Crippen molar-refractivity contribution in [2.24, 2.45) is 0 Å². The van der Waals surface area contributed by atoms with Gasteiger partial charge < -0.3 is 15.4 Å². The minimum atomic E-state index is -4.74. The molecule has 0 spiro atoms. The Morgan fingerprint density at radius 3 is 2.48 bits per heavy atom. The summed E-state index contributed by atoms with van der Waals surface area (Å²) in [6.07, 6.45) is -2.94. The van der Waals surface area contributed by atoms with Gasteiger partial charge in [-0.25, -0.2) is 4.79 Å². The van der Waals surface area contributed by atoms with Gasteiger partial charge in [-0.3, -0.25) is 4.98 Å². The van der Waals surface area contributed by atoms with E-state index in [-0.39, 0.29) is 12.3 Å². The van der Waals surface area contributed by atoms with E-state index in [9.17, 15) is 18.0 Å². The first kappa shape index (κ1) is 22.1. The van der Waals surface area contributed by atoms with E-state index in [0.717, 1.165) is 22.0 Å². The van der Waals surface area contributed by atoms with Gasteiger partial charge in [-0.05, 0) is 48.4 Å². The summed E-state index contributed by atoms with van der Waals surface area (Å²) in [4.78, 5) is 16.8. The van der Waals surface area contributed by atoms with Crippen molar-refractivity contribution in [1.82, 2.24) is 10.3 Å². The fourth-order valence-electron chi connectivity index (χ4n) is 3.35. The Hall–Kier alpha value is -4.07. The molecule has 5 nitrogen and oxygen atoms in total. The number of carbonyl (C=O) groups is 1. The van der Waals surface area contributed by atoms with Crippen LogP contribution in [0.3, 0.4) is 0 Å². The second-order valence-corrected chi connectivity index (χ2v) is 7.50. The number of halogens is 3. The fraction of sp³-hybridized carbons (Fsp3) is 0.120. The van der Waals surface area contributed by atoms with Crippen LogP contribution < -0.4 is 15.4 Å². The van der Waals surface area contributed by atoms with E-state index in [1.54, 1.807) is 18.3 Å². The van der Waals surface area contributed by atoms with Crippen LogP contribution in [0.1, 0.15) is 11.1 Å². The van der Waals surface area contributed by atoms with Crippen LogP contribution >= 0.6 is 0 Å². The highest BCUT2D eigenvalue weighted by Gasteiger charge is 2.30. The lowest BCUT2D eigenvalue weighted by molar-refractivity contribution is -0.274. The van der Waals surface area contributed by atoms with E-state index in [1.165, 1.54) is 29.8 Å². The van der Waals surface area contributed by atoms with Crippen LogP contribution in [-0.4, -0.2) is 17.4 Å². The molecule has 0 unspecified atom stereocenters. The molecule has 2 N–H and O–H groups in total. The molecule has 0 aliphatic heterocycles. The highest BCUT2D eigenvalue weighted by Crippen LogP contribution is 2.25. The molecule has 168 valence electrons. The molecule has 4 aromatic rings. The molecule has 0 radical (unpaired) electrons. The smallest absolute Gasteiger partial charge is 0.406 e. The quantitative estimate of drug-likeness (QED) is 0.368. The van der Waals surface area contributed by atoms with E-state index in [1.807, 2.05) is 37.3 Å². The maximum Gasteiger partial charge on any atom is 0.573 e. The van der Waals surface area contributed by atoms with Gasteiger partial charge in [0.1, 0.15) is 5.75 Å². The number of anilines is 1. The Morgan fingerprint density at radius 1 is 0.970 bits per heavy atom. The largest absolute Gasteiger partial charge is 0.573 e. The lowest BCUT2D eigenvalue weighted by atomic mass is 10.0. The van der Waals surface area contributed by atoms with Gasteiger partial charge in [-0.2, -0.15) is 0 Å². The van der Waals surface area contributed by atoms with Crippen LogP contribution in [0.2, 0.25) is 0 Å². The SMILES string of the molecule is Cc1cccc(-c2cnc3cc(NC(=O)NCc4ccc(OC(F)(F)F)cc4)ccc3c2)c1. The zero-order valence-electron chi connectivity index (χ0n) is 17.6. The fourth-order valence-corrected chi connectivity index (χ4v) is 3.35. The van der Waals surface area contributed by atoms with Crippen molar-refractivity contribution in [2.45, 2.75) is 19.8 Å². The number of fused-ring (bicyclic) bond motifs is 1. The molecule has 1 heterocycles. The van der Waals surface area contributed by atoms with Gasteiger partial charge in [0.25, 0.3) is 0 Å². The number of alkyl halides is 3. The van der Waals surface area contributed by atoms with Crippen molar-refractivity contribution >= 4 is 22.6 Å². The van der Waals surface area contributed by atoms with Crippen LogP contribution in [-0.2, 0) is 6.54 Å². The first-order chi connectivity index (χ1) is 15.7. The molecular weight excluding hydrogens is 431 g/mol. The van der Waals surface area contributed by atoms with Gasteiger partial charge in [0.15, 0.2) is 0 Å². The van der Waals surface area contributed by atoms with Crippen molar-refractivity contribution < 1.29 is 22.7 Å². The van der Waals surface area contributed by atoms with Gasteiger partial charge in [-0.1, -0.05) is 48.0 Å². The van der Waals surface area contributed by atoms with Crippen molar-refractivity contribution in [1.29, 1.82) is 0 Å². The summed E-state index contributed by atoms with van der Waals surface area (Å²) in [5.41, 5.74) is 5.21. The Balaban J connectivity index is 1.37. The van der Waals surface area contributed by atoms with Crippen LogP contribution in [0.4, 0.5) is 23.7 Å². The minimum Gasteiger partial charge on any atom is -0.406 e. The average Bonchev–Trinajstić information content (AvgIpc) is 2.77. The molecule has 8 heteroatoms. The van der Waals surface area contributed by atoms with Crippen molar-refractivity contribution in [3.8, 4) is 16.9 Å². The number of rotatable bonds is 5. The molecule has 0 aliphatic carbocycles. The number of urea groups is 1. The number of ether oxygens (including phenoxy) is 1. The monoisotopic (exact) mass is 451 g/mol. The van der Waals surface area contributed by atoms with E-state index < -0.39 is 12.4 Å². The van der Waals surface area contributed by atoms with Crippen molar-refractivity contribution in [3.05, 3.63) is 90.1 Å². The number of aryl methyl sites for hydroxylation is 1. The molecule has 0 aliphatic rings. The Morgan fingerprint density at radius 2 is 1.76 bits per heavy atom. The predicted molar refractivity (Wildman–Crippen MR) is 121 cm³/mol. The molecule has 1 aromatic heterocycles. The zero-order valence-corrected chi connectivity index (χ0v) is 17.6. The second-order valence-electron chi connectivity index (χ2n) is 7.50. The number of hydrogen-bond donors (Lipinski definition) is 2. The van der Waals surface area contributed by atoms with Crippen molar-refractivity contribution in [3.63, 3.8) is 0 Å². The molecule has 0 saturated carbocycles. The molecule has 4 rings (SSSR count). The number of pyridine rings is 1. The predicted octanol–water partition coefficient (Wildman–Crippen LogP) is 6.43. The number of nitrogens with one attached hydrogen (secondary N) is 2. The van der Waals surface area contributed by atoms with Gasteiger partial charge >= 0.3 is 12.4 Å². The molecule has 3 aromatic carbocycles. The summed E-state index contributed by atoms with van der Waals surface area (Å²) in [5.74, 6) is -0.315. The summed E-state index contributed by atoms with van der Waals surface area (Å²) in [5, 5.41) is 6.35. The van der Waals surface area contributed by atoms with Crippen LogP contribution in [0.15, 0.2) is 79.0 Å². The number of carbonyl (C=O) groups excluding carboxylic acids is 1. The lowest BCUT2D eigenvalue weighted by Crippen LogP contribution is -2.28. The Kier molecular flexibility index (Phi) is 6.17. The van der Waals surface area contributed by atoms with E-state index in [0.29, 0.717) is 11.3 Å². The minimum absolute atomic E-state index is 0.143. The molecule has 0 atom stereocenters. The van der Waals surface area contributed by atoms with Crippen molar-refractivity contribution in [2.75, 3.05) is 5.32 Å². The first-order valence-electron chi connectivity index (χ1n) is 10.1. The molecule has 0 bridgehead atoms. The number of amides is 2. The summed E-state index contributed by atoms with van der Waals surface area (Å²) in [6, 6.07) is 20.5. The molecule has 33 heavy (non-hydrogen) atoms. The van der Waals surface area contributed by atoms with Crippen LogP contribution in [0.25, 0.3) is 22.0 Å². The molecule has 2 amide bonds. The lowest BCUT2D eigenvalue weighted by Gasteiger charge is -2.11. The zero-order chi connectivity index (χ0) is 23.4. The topological polar surface area (TPSA) is 63.2 Å². The summed E-state index contributed by atoms with van der Waals surface area (Å²) in [7, 11) is 0. The number of nitrogens with zero attached hydrogens (tertiary/aromatic N) is 1. The third-order valence-electron chi connectivity index (χ3n) is 4.90. The van der Waals surface area contributed by atoms with E-state index in [4.69, 9.17) is 0 Å². The Bertz CT molecular complexity index is 1290. The highest BCUT2D eigenvalue weighted by molar-refractivity contribution is 5.93. The highest BCUT2D eigenvalue weighted by atomic mass is 19.4. The molecule has 0 saturated heterocycles. The third kappa shape index (κ3) is 6.00. The number of benzene rings is 3. The van der Waals surface area contributed by atoms with Gasteiger partial charge in [0.05, 0.1) is 5.52 Å². The summed E-state index contributed by atoms with van der Waals surface area (Å²) < 4.78 is 40.5. The summed E-state index contributed by atoms with van der Waals surface area (Å²) >= 11 is 0. The Labute approximate surface area is 188 Å². The van der Waals surface area contributed by atoms with Gasteiger partial charge in [0.2, 0.25) is 0 Å². The normalized spacial score (nSPS) is 11.3.